The van der Waals surface area contributed by atoms with Gasteiger partial charge in [0.25, 0.3) is 0 Å². The molecule has 0 N–H and O–H groups in total. The largest absolute Gasteiger partial charge is 0.0955 e. The van der Waals surface area contributed by atoms with Gasteiger partial charge < -0.3 is 0 Å². The van der Waals surface area contributed by atoms with E-state index in [1.54, 1.807) is 0 Å². The van der Waals surface area contributed by atoms with E-state index < -0.39 is 0 Å². The van der Waals surface area contributed by atoms with E-state index >= 15 is 0 Å². The van der Waals surface area contributed by atoms with Crippen LogP contribution in [-0.4, -0.2) is 0 Å². The van der Waals surface area contributed by atoms with Crippen molar-refractivity contribution in [1.29, 1.82) is 0 Å². The molecule has 0 aliphatic carbocycles. The molecule has 0 aliphatic rings. The summed E-state index contributed by atoms with van der Waals surface area (Å²) in [6, 6.07) is 11.1. The van der Waals surface area contributed by atoms with Crippen molar-refractivity contribution in [3.63, 3.8) is 0 Å². The van der Waals surface area contributed by atoms with Crippen molar-refractivity contribution in [3.05, 3.63) is 53.6 Å². The summed E-state index contributed by atoms with van der Waals surface area (Å²) in [4.78, 5) is 0. The molecule has 2 aromatic carbocycles. The minimum Gasteiger partial charge on any atom is -0.0955 e. The lowest BCUT2D eigenvalue weighted by Crippen LogP contribution is -2.00. The molecule has 0 bridgehead atoms. The average Bonchev–Trinajstić information content (AvgIpc) is 2.39. The Morgan fingerprint density at radius 1 is 1.05 bits per heavy atom. The van der Waals surface area contributed by atoms with Crippen LogP contribution in [0.2, 0.25) is 0 Å². The van der Waals surface area contributed by atoms with Crippen LogP contribution in [0, 0.1) is 0 Å². The Balaban J connectivity index is 2.78. The molecule has 0 unspecified atom stereocenters. The molecule has 0 aromatic heterocycles. The Bertz CT molecular complexity index is 590. The highest BCUT2D eigenvalue weighted by atomic mass is 14.2. The van der Waals surface area contributed by atoms with Crippen molar-refractivity contribution >= 4 is 16.3 Å². The van der Waals surface area contributed by atoms with Crippen LogP contribution in [0.15, 0.2) is 36.9 Å². The fraction of sp³-hybridized carbons (Fsp3) is 0.368. The molecule has 0 heteroatoms. The maximum atomic E-state index is 4.22. The SMILES string of the molecule is C=C(C)c1c(CCC)c(CCC)cc2ccccc12. The second-order valence-corrected chi connectivity index (χ2v) is 5.39. The Kier molecular flexibility index (Phi) is 4.42. The molecule has 0 nitrogen and oxygen atoms in total. The summed E-state index contributed by atoms with van der Waals surface area (Å²) in [5.74, 6) is 0. The first kappa shape index (κ1) is 13.9. The van der Waals surface area contributed by atoms with Crippen LogP contribution in [0.5, 0.6) is 0 Å². The molecule has 0 saturated heterocycles. The quantitative estimate of drug-likeness (QED) is 0.633. The second-order valence-electron chi connectivity index (χ2n) is 5.39. The van der Waals surface area contributed by atoms with Gasteiger partial charge in [0, 0.05) is 0 Å². The summed E-state index contributed by atoms with van der Waals surface area (Å²) in [5.41, 5.74) is 5.62. The zero-order valence-electron chi connectivity index (χ0n) is 12.4. The first-order chi connectivity index (χ1) is 9.19. The van der Waals surface area contributed by atoms with Gasteiger partial charge in [0.1, 0.15) is 0 Å². The smallest absolute Gasteiger partial charge is 0.0106 e. The van der Waals surface area contributed by atoms with E-state index in [4.69, 9.17) is 0 Å². The molecule has 0 saturated carbocycles. The Hall–Kier alpha value is -1.56. The van der Waals surface area contributed by atoms with Gasteiger partial charge in [0.15, 0.2) is 0 Å². The maximum Gasteiger partial charge on any atom is -0.0106 e. The lowest BCUT2D eigenvalue weighted by molar-refractivity contribution is 0.861. The molecule has 0 spiro atoms. The fourth-order valence-corrected chi connectivity index (χ4v) is 2.96. The van der Waals surface area contributed by atoms with E-state index in [9.17, 15) is 0 Å². The third-order valence-corrected chi connectivity index (χ3v) is 3.70. The van der Waals surface area contributed by atoms with Crippen molar-refractivity contribution in [2.45, 2.75) is 46.5 Å². The van der Waals surface area contributed by atoms with Crippen molar-refractivity contribution < 1.29 is 0 Å². The fourth-order valence-electron chi connectivity index (χ4n) is 2.96. The Labute approximate surface area is 117 Å². The van der Waals surface area contributed by atoms with E-state index in [1.807, 2.05) is 0 Å². The molecule has 0 radical (unpaired) electrons. The average molecular weight is 252 g/mol. The van der Waals surface area contributed by atoms with Crippen LogP contribution in [0.4, 0.5) is 0 Å². The first-order valence-electron chi connectivity index (χ1n) is 7.38. The normalized spacial score (nSPS) is 10.9. The van der Waals surface area contributed by atoms with Gasteiger partial charge in [-0.3, -0.25) is 0 Å². The van der Waals surface area contributed by atoms with Gasteiger partial charge in [-0.25, -0.2) is 0 Å². The molecule has 0 fully saturated rings. The molecule has 0 amide bonds. The van der Waals surface area contributed by atoms with Crippen molar-refractivity contribution in [2.24, 2.45) is 0 Å². The highest BCUT2D eigenvalue weighted by Gasteiger charge is 2.12. The zero-order valence-corrected chi connectivity index (χ0v) is 12.4. The van der Waals surface area contributed by atoms with Crippen LogP contribution >= 0.6 is 0 Å². The molecule has 0 heterocycles. The van der Waals surface area contributed by atoms with E-state index in [1.165, 1.54) is 52.3 Å². The molecular weight excluding hydrogens is 228 g/mol. The molecule has 0 atom stereocenters. The van der Waals surface area contributed by atoms with Crippen LogP contribution in [-0.2, 0) is 12.8 Å². The Morgan fingerprint density at radius 2 is 1.74 bits per heavy atom. The van der Waals surface area contributed by atoms with E-state index in [-0.39, 0.29) is 0 Å². The minimum atomic E-state index is 1.16. The minimum absolute atomic E-state index is 1.16. The maximum absolute atomic E-state index is 4.22. The summed E-state index contributed by atoms with van der Waals surface area (Å²) in [6.45, 7) is 10.9. The highest BCUT2D eigenvalue weighted by molar-refractivity contribution is 5.95. The predicted octanol–water partition coefficient (Wildman–Crippen LogP) is 5.78. The van der Waals surface area contributed by atoms with Crippen molar-refractivity contribution in [3.8, 4) is 0 Å². The Morgan fingerprint density at radius 3 is 2.37 bits per heavy atom. The number of hydrogen-bond donors (Lipinski definition) is 0. The van der Waals surface area contributed by atoms with Gasteiger partial charge in [0.05, 0.1) is 0 Å². The summed E-state index contributed by atoms with van der Waals surface area (Å²) < 4.78 is 0. The van der Waals surface area contributed by atoms with Crippen LogP contribution < -0.4 is 0 Å². The van der Waals surface area contributed by atoms with Crippen LogP contribution in [0.1, 0.15) is 50.3 Å². The van der Waals surface area contributed by atoms with Gasteiger partial charge in [-0.05, 0) is 47.2 Å². The van der Waals surface area contributed by atoms with Gasteiger partial charge in [-0.1, -0.05) is 69.2 Å². The summed E-state index contributed by atoms with van der Waals surface area (Å²) in [6.07, 6.45) is 4.71. The molecule has 0 aliphatic heterocycles. The van der Waals surface area contributed by atoms with Crippen molar-refractivity contribution in [2.75, 3.05) is 0 Å². The number of aryl methyl sites for hydroxylation is 1. The first-order valence-corrected chi connectivity index (χ1v) is 7.38. The van der Waals surface area contributed by atoms with Crippen LogP contribution in [0.3, 0.4) is 0 Å². The number of benzene rings is 2. The third kappa shape index (κ3) is 2.73. The van der Waals surface area contributed by atoms with E-state index in [0.717, 1.165) is 6.42 Å². The number of rotatable bonds is 5. The topological polar surface area (TPSA) is 0 Å². The monoisotopic (exact) mass is 252 g/mol. The van der Waals surface area contributed by atoms with Crippen LogP contribution in [0.25, 0.3) is 16.3 Å². The standard InChI is InChI=1S/C19H24/c1-5-9-15-13-16-11-7-8-12-18(16)19(14(3)4)17(15)10-6-2/h7-8,11-13H,3,5-6,9-10H2,1-2,4H3. The molecule has 19 heavy (non-hydrogen) atoms. The zero-order chi connectivity index (χ0) is 13.8. The number of allylic oxidation sites excluding steroid dienone is 1. The second kappa shape index (κ2) is 6.06. The summed E-state index contributed by atoms with van der Waals surface area (Å²) in [5, 5.41) is 2.71. The van der Waals surface area contributed by atoms with Gasteiger partial charge in [-0.2, -0.15) is 0 Å². The molecule has 2 rings (SSSR count). The summed E-state index contributed by atoms with van der Waals surface area (Å²) in [7, 11) is 0. The van der Waals surface area contributed by atoms with Gasteiger partial charge >= 0.3 is 0 Å². The summed E-state index contributed by atoms with van der Waals surface area (Å²) >= 11 is 0. The lowest BCUT2D eigenvalue weighted by Gasteiger charge is -2.18. The van der Waals surface area contributed by atoms with Crippen molar-refractivity contribution in [1.82, 2.24) is 0 Å². The number of fused-ring (bicyclic) bond motifs is 1. The third-order valence-electron chi connectivity index (χ3n) is 3.70. The number of hydrogen-bond acceptors (Lipinski definition) is 0. The van der Waals surface area contributed by atoms with E-state index in [0.29, 0.717) is 0 Å². The molecular formula is C19H24. The van der Waals surface area contributed by atoms with Gasteiger partial charge in [-0.15, -0.1) is 0 Å². The van der Waals surface area contributed by atoms with E-state index in [2.05, 4.69) is 57.7 Å². The molecule has 100 valence electrons. The molecule has 2 aromatic rings. The highest BCUT2D eigenvalue weighted by Crippen LogP contribution is 2.32. The lowest BCUT2D eigenvalue weighted by atomic mass is 9.87. The predicted molar refractivity (Wildman–Crippen MR) is 86.6 cm³/mol. The van der Waals surface area contributed by atoms with Gasteiger partial charge in [0.2, 0.25) is 0 Å².